The number of hydrogen-bond acceptors (Lipinski definition) is 3. The summed E-state index contributed by atoms with van der Waals surface area (Å²) in [6.07, 6.45) is 6.64. The molecule has 0 spiro atoms. The third-order valence-electron chi connectivity index (χ3n) is 3.38. The van der Waals surface area contributed by atoms with E-state index < -0.39 is 0 Å². The molecule has 0 atom stereocenters. The Morgan fingerprint density at radius 2 is 1.73 bits per heavy atom. The van der Waals surface area contributed by atoms with Crippen molar-refractivity contribution in [1.82, 2.24) is 10.6 Å². The summed E-state index contributed by atoms with van der Waals surface area (Å²) in [7, 11) is 0. The molecular formula is C12H24N2O. The fourth-order valence-electron chi connectivity index (χ4n) is 2.12. The highest BCUT2D eigenvalue weighted by molar-refractivity contribution is 4.80. The average Bonchev–Trinajstić information content (AvgIpc) is 3.09. The van der Waals surface area contributed by atoms with Crippen molar-refractivity contribution in [1.29, 1.82) is 0 Å². The maximum Gasteiger partial charge on any atom is 0.0468 e. The molecule has 1 saturated heterocycles. The maximum atomic E-state index is 5.35. The third kappa shape index (κ3) is 4.96. The van der Waals surface area contributed by atoms with Crippen molar-refractivity contribution < 1.29 is 4.74 Å². The Labute approximate surface area is 93.0 Å². The first-order valence-electron chi connectivity index (χ1n) is 6.47. The van der Waals surface area contributed by atoms with E-state index in [2.05, 4.69) is 10.6 Å². The summed E-state index contributed by atoms with van der Waals surface area (Å²) in [6.45, 7) is 5.40. The topological polar surface area (TPSA) is 33.3 Å². The molecular weight excluding hydrogens is 188 g/mol. The minimum atomic E-state index is 0.849. The van der Waals surface area contributed by atoms with Crippen LogP contribution in [-0.2, 0) is 4.74 Å². The number of rotatable bonds is 7. The number of nitrogens with one attached hydrogen (secondary N) is 2. The van der Waals surface area contributed by atoms with Crippen molar-refractivity contribution in [3.05, 3.63) is 0 Å². The zero-order valence-electron chi connectivity index (χ0n) is 9.63. The highest BCUT2D eigenvalue weighted by Gasteiger charge is 2.19. The van der Waals surface area contributed by atoms with Gasteiger partial charge in [0.05, 0.1) is 0 Å². The van der Waals surface area contributed by atoms with Crippen molar-refractivity contribution >= 4 is 0 Å². The van der Waals surface area contributed by atoms with Crippen LogP contribution in [0, 0.1) is 5.92 Å². The van der Waals surface area contributed by atoms with Gasteiger partial charge in [0.1, 0.15) is 0 Å². The fraction of sp³-hybridized carbons (Fsp3) is 1.00. The van der Waals surface area contributed by atoms with E-state index in [0.717, 1.165) is 38.3 Å². The highest BCUT2D eigenvalue weighted by Crippen LogP contribution is 2.18. The van der Waals surface area contributed by atoms with E-state index in [1.807, 2.05) is 0 Å². The molecule has 0 unspecified atom stereocenters. The van der Waals surface area contributed by atoms with Gasteiger partial charge in [0, 0.05) is 32.3 Å². The minimum Gasteiger partial charge on any atom is -0.381 e. The summed E-state index contributed by atoms with van der Waals surface area (Å²) in [4.78, 5) is 0. The van der Waals surface area contributed by atoms with Crippen LogP contribution in [0.4, 0.5) is 0 Å². The number of ether oxygens (including phenoxy) is 1. The van der Waals surface area contributed by atoms with Crippen LogP contribution in [0.3, 0.4) is 0 Å². The predicted octanol–water partition coefficient (Wildman–Crippen LogP) is 1.14. The Morgan fingerprint density at radius 3 is 2.47 bits per heavy atom. The van der Waals surface area contributed by atoms with Crippen molar-refractivity contribution in [2.75, 3.05) is 32.8 Å². The molecule has 0 aromatic carbocycles. The van der Waals surface area contributed by atoms with Crippen LogP contribution >= 0.6 is 0 Å². The molecule has 1 aliphatic carbocycles. The lowest BCUT2D eigenvalue weighted by Gasteiger charge is -2.21. The second kappa shape index (κ2) is 6.46. The molecule has 1 saturated carbocycles. The Bertz CT molecular complexity index is 165. The molecule has 0 aromatic rings. The van der Waals surface area contributed by atoms with Gasteiger partial charge in [0.15, 0.2) is 0 Å². The van der Waals surface area contributed by atoms with Gasteiger partial charge in [0.2, 0.25) is 0 Å². The molecule has 1 aliphatic heterocycles. The number of hydrogen-bond donors (Lipinski definition) is 2. The van der Waals surface area contributed by atoms with E-state index in [1.54, 1.807) is 0 Å². The Kier molecular flexibility index (Phi) is 4.90. The van der Waals surface area contributed by atoms with Gasteiger partial charge in [-0.15, -0.1) is 0 Å². The van der Waals surface area contributed by atoms with Crippen LogP contribution in [0.1, 0.15) is 32.1 Å². The molecule has 0 bridgehead atoms. The molecule has 0 amide bonds. The molecule has 88 valence electrons. The highest BCUT2D eigenvalue weighted by atomic mass is 16.5. The van der Waals surface area contributed by atoms with Crippen LogP contribution in [0.15, 0.2) is 0 Å². The predicted molar refractivity (Wildman–Crippen MR) is 62.1 cm³/mol. The Balaban J connectivity index is 1.37. The third-order valence-corrected chi connectivity index (χ3v) is 3.38. The van der Waals surface area contributed by atoms with Crippen LogP contribution in [0.5, 0.6) is 0 Å². The van der Waals surface area contributed by atoms with Gasteiger partial charge in [-0.1, -0.05) is 0 Å². The van der Waals surface area contributed by atoms with Gasteiger partial charge in [-0.05, 0) is 44.6 Å². The van der Waals surface area contributed by atoms with Gasteiger partial charge >= 0.3 is 0 Å². The lowest BCUT2D eigenvalue weighted by Crippen LogP contribution is -2.30. The summed E-state index contributed by atoms with van der Waals surface area (Å²) >= 11 is 0. The quantitative estimate of drug-likeness (QED) is 0.621. The molecule has 3 heteroatoms. The monoisotopic (exact) mass is 212 g/mol. The van der Waals surface area contributed by atoms with Crippen molar-refractivity contribution in [3.8, 4) is 0 Å². The first-order valence-corrected chi connectivity index (χ1v) is 6.47. The smallest absolute Gasteiger partial charge is 0.0468 e. The largest absolute Gasteiger partial charge is 0.381 e. The molecule has 1 heterocycles. The van der Waals surface area contributed by atoms with Gasteiger partial charge in [-0.2, -0.15) is 0 Å². The summed E-state index contributed by atoms with van der Waals surface area (Å²) in [5, 5.41) is 7.03. The van der Waals surface area contributed by atoms with E-state index >= 15 is 0 Å². The molecule has 3 nitrogen and oxygen atoms in total. The van der Waals surface area contributed by atoms with Crippen molar-refractivity contribution in [3.63, 3.8) is 0 Å². The van der Waals surface area contributed by atoms with Gasteiger partial charge in [0.25, 0.3) is 0 Å². The SMILES string of the molecule is C(CNC1CC1)NCCC1CCOCC1. The summed E-state index contributed by atoms with van der Waals surface area (Å²) < 4.78 is 5.35. The van der Waals surface area contributed by atoms with E-state index in [9.17, 15) is 0 Å². The summed E-state index contributed by atoms with van der Waals surface area (Å²) in [5.74, 6) is 0.905. The summed E-state index contributed by atoms with van der Waals surface area (Å²) in [6, 6.07) is 0.849. The minimum absolute atomic E-state index is 0.849. The van der Waals surface area contributed by atoms with Gasteiger partial charge in [-0.3, -0.25) is 0 Å². The van der Waals surface area contributed by atoms with E-state index in [4.69, 9.17) is 4.74 Å². The lowest BCUT2D eigenvalue weighted by atomic mass is 9.97. The van der Waals surface area contributed by atoms with E-state index in [-0.39, 0.29) is 0 Å². The molecule has 2 rings (SSSR count). The average molecular weight is 212 g/mol. The molecule has 2 aliphatic rings. The van der Waals surface area contributed by atoms with Crippen LogP contribution in [-0.4, -0.2) is 38.9 Å². The molecule has 2 N–H and O–H groups in total. The van der Waals surface area contributed by atoms with E-state index in [1.165, 1.54) is 38.6 Å². The second-order valence-electron chi connectivity index (χ2n) is 4.82. The lowest BCUT2D eigenvalue weighted by molar-refractivity contribution is 0.0640. The fourth-order valence-corrected chi connectivity index (χ4v) is 2.12. The van der Waals surface area contributed by atoms with Crippen LogP contribution < -0.4 is 10.6 Å². The summed E-state index contributed by atoms with van der Waals surface area (Å²) in [5.41, 5.74) is 0. The van der Waals surface area contributed by atoms with Crippen molar-refractivity contribution in [2.45, 2.75) is 38.1 Å². The molecule has 2 fully saturated rings. The zero-order valence-corrected chi connectivity index (χ0v) is 9.63. The van der Waals surface area contributed by atoms with Crippen LogP contribution in [0.25, 0.3) is 0 Å². The second-order valence-corrected chi connectivity index (χ2v) is 4.82. The Hall–Kier alpha value is -0.120. The first kappa shape index (κ1) is 11.4. The van der Waals surface area contributed by atoms with Gasteiger partial charge in [-0.25, -0.2) is 0 Å². The van der Waals surface area contributed by atoms with E-state index in [0.29, 0.717) is 0 Å². The van der Waals surface area contributed by atoms with Crippen molar-refractivity contribution in [2.24, 2.45) is 5.92 Å². The molecule has 0 radical (unpaired) electrons. The molecule has 15 heavy (non-hydrogen) atoms. The Morgan fingerprint density at radius 1 is 0.933 bits per heavy atom. The zero-order chi connectivity index (χ0) is 10.3. The standard InChI is InChI=1S/C12H24N2O/c1-2-12(1)14-8-7-13-6-3-11-4-9-15-10-5-11/h11-14H,1-10H2. The van der Waals surface area contributed by atoms with Crippen LogP contribution in [0.2, 0.25) is 0 Å². The maximum absolute atomic E-state index is 5.35. The molecule has 0 aromatic heterocycles. The van der Waals surface area contributed by atoms with Gasteiger partial charge < -0.3 is 15.4 Å². The first-order chi connectivity index (χ1) is 7.45. The normalized spacial score (nSPS) is 23.2.